The predicted octanol–water partition coefficient (Wildman–Crippen LogP) is 5.07. The van der Waals surface area contributed by atoms with Crippen molar-refractivity contribution in [2.75, 3.05) is 5.73 Å². The van der Waals surface area contributed by atoms with Gasteiger partial charge in [-0.25, -0.2) is 23.1 Å². The van der Waals surface area contributed by atoms with Crippen molar-refractivity contribution >= 4 is 34.2 Å². The first kappa shape index (κ1) is 23.5. The van der Waals surface area contributed by atoms with E-state index in [0.717, 1.165) is 5.56 Å². The first-order chi connectivity index (χ1) is 16.1. The fourth-order valence-electron chi connectivity index (χ4n) is 3.68. The SMILES string of the molecule is Cc1cc(N)nc(C)c1CNC(=O)c1oc(Cc2cc(F)c3ncc(Cl)cc3c2)nc1C(F)F. The zero-order chi connectivity index (χ0) is 24.6. The van der Waals surface area contributed by atoms with Crippen LogP contribution < -0.4 is 11.1 Å². The lowest BCUT2D eigenvalue weighted by Crippen LogP contribution is -2.24. The predicted molar refractivity (Wildman–Crippen MR) is 120 cm³/mol. The Morgan fingerprint density at radius 1 is 1.21 bits per heavy atom. The lowest BCUT2D eigenvalue weighted by Gasteiger charge is -2.11. The van der Waals surface area contributed by atoms with Crippen molar-refractivity contribution in [2.24, 2.45) is 0 Å². The zero-order valence-corrected chi connectivity index (χ0v) is 18.9. The molecule has 176 valence electrons. The second-order valence-electron chi connectivity index (χ2n) is 7.71. The van der Waals surface area contributed by atoms with E-state index in [9.17, 15) is 18.0 Å². The molecule has 11 heteroatoms. The highest BCUT2D eigenvalue weighted by atomic mass is 35.5. The third-order valence-corrected chi connectivity index (χ3v) is 5.44. The number of nitrogen functional groups attached to an aromatic ring is 1. The van der Waals surface area contributed by atoms with Crippen LogP contribution in [-0.2, 0) is 13.0 Å². The maximum absolute atomic E-state index is 14.4. The van der Waals surface area contributed by atoms with Crippen molar-refractivity contribution in [3.8, 4) is 0 Å². The molecule has 34 heavy (non-hydrogen) atoms. The van der Waals surface area contributed by atoms with Gasteiger partial charge in [-0.2, -0.15) is 0 Å². The number of amides is 1. The average molecular weight is 490 g/mol. The standard InChI is InChI=1S/C23H19ClF3N5O2/c1-10-3-17(28)31-11(2)15(10)9-30-23(33)21-20(22(26)27)32-18(34-21)6-12-4-13-7-14(24)8-29-19(13)16(25)5-12/h3-5,7-8,22H,6,9H2,1-2H3,(H2,28,31)(H,30,33). The molecular formula is C23H19ClF3N5O2. The van der Waals surface area contributed by atoms with Crippen LogP contribution in [0.3, 0.4) is 0 Å². The van der Waals surface area contributed by atoms with Crippen LogP contribution in [0.4, 0.5) is 19.0 Å². The Bertz CT molecular complexity index is 1380. The van der Waals surface area contributed by atoms with E-state index in [-0.39, 0.29) is 24.4 Å². The first-order valence-electron chi connectivity index (χ1n) is 10.1. The smallest absolute Gasteiger partial charge is 0.289 e. The number of hydrogen-bond donors (Lipinski definition) is 2. The number of benzene rings is 1. The van der Waals surface area contributed by atoms with Gasteiger partial charge >= 0.3 is 0 Å². The number of alkyl halides is 2. The minimum atomic E-state index is -3.05. The van der Waals surface area contributed by atoms with Crippen LogP contribution in [0.2, 0.25) is 5.02 Å². The van der Waals surface area contributed by atoms with E-state index in [1.54, 1.807) is 26.0 Å². The monoisotopic (exact) mass is 489 g/mol. The number of nitrogens with zero attached hydrogens (tertiary/aromatic N) is 3. The molecule has 0 aliphatic carbocycles. The third-order valence-electron chi connectivity index (χ3n) is 5.23. The number of aryl methyl sites for hydroxylation is 2. The second kappa shape index (κ2) is 9.30. The maximum Gasteiger partial charge on any atom is 0.289 e. The Kier molecular flexibility index (Phi) is 6.43. The number of carbonyl (C=O) groups is 1. The highest BCUT2D eigenvalue weighted by Crippen LogP contribution is 2.27. The molecule has 0 saturated carbocycles. The molecular weight excluding hydrogens is 471 g/mol. The number of pyridine rings is 2. The van der Waals surface area contributed by atoms with Crippen molar-refractivity contribution in [1.29, 1.82) is 0 Å². The van der Waals surface area contributed by atoms with Gasteiger partial charge in [0.05, 0.1) is 5.02 Å². The molecule has 4 aromatic rings. The van der Waals surface area contributed by atoms with Gasteiger partial charge in [0.15, 0.2) is 11.6 Å². The normalized spacial score (nSPS) is 11.4. The molecule has 3 heterocycles. The summed E-state index contributed by atoms with van der Waals surface area (Å²) in [7, 11) is 0. The van der Waals surface area contributed by atoms with Gasteiger partial charge in [0.2, 0.25) is 5.76 Å². The number of anilines is 1. The molecule has 0 radical (unpaired) electrons. The fourth-order valence-corrected chi connectivity index (χ4v) is 3.85. The largest absolute Gasteiger partial charge is 0.435 e. The average Bonchev–Trinajstić information content (AvgIpc) is 3.16. The highest BCUT2D eigenvalue weighted by molar-refractivity contribution is 6.31. The van der Waals surface area contributed by atoms with Gasteiger partial charge in [-0.05, 0) is 54.8 Å². The summed E-state index contributed by atoms with van der Waals surface area (Å²) in [6.07, 6.45) is -1.84. The minimum Gasteiger partial charge on any atom is -0.435 e. The summed E-state index contributed by atoms with van der Waals surface area (Å²) < 4.78 is 47.0. The summed E-state index contributed by atoms with van der Waals surface area (Å²) in [4.78, 5) is 24.5. The molecule has 0 spiro atoms. The molecule has 0 saturated heterocycles. The summed E-state index contributed by atoms with van der Waals surface area (Å²) in [5.74, 6) is -1.88. The van der Waals surface area contributed by atoms with Gasteiger partial charge in [0, 0.05) is 30.2 Å². The maximum atomic E-state index is 14.4. The van der Waals surface area contributed by atoms with E-state index in [4.69, 9.17) is 21.8 Å². The molecule has 0 unspecified atom stereocenters. The Labute approximate surface area is 197 Å². The van der Waals surface area contributed by atoms with Gasteiger partial charge < -0.3 is 15.5 Å². The molecule has 1 amide bonds. The summed E-state index contributed by atoms with van der Waals surface area (Å²) >= 11 is 5.92. The van der Waals surface area contributed by atoms with Crippen molar-refractivity contribution in [3.05, 3.63) is 81.0 Å². The molecule has 0 aliphatic heterocycles. The summed E-state index contributed by atoms with van der Waals surface area (Å²) in [6, 6.07) is 5.99. The summed E-state index contributed by atoms with van der Waals surface area (Å²) in [5, 5.41) is 3.31. The van der Waals surface area contributed by atoms with Crippen molar-refractivity contribution in [2.45, 2.75) is 33.2 Å². The summed E-state index contributed by atoms with van der Waals surface area (Å²) in [5.41, 5.74) is 7.54. The molecule has 1 aromatic carbocycles. The zero-order valence-electron chi connectivity index (χ0n) is 18.1. The number of oxazole rings is 1. The Balaban J connectivity index is 1.58. The number of rotatable bonds is 6. The number of aromatic nitrogens is 3. The van der Waals surface area contributed by atoms with Gasteiger partial charge in [-0.3, -0.25) is 9.78 Å². The van der Waals surface area contributed by atoms with Crippen LogP contribution in [0, 0.1) is 19.7 Å². The van der Waals surface area contributed by atoms with Crippen LogP contribution in [-0.4, -0.2) is 20.9 Å². The molecule has 0 atom stereocenters. The number of nitrogens with one attached hydrogen (secondary N) is 1. The van der Waals surface area contributed by atoms with Crippen LogP contribution >= 0.6 is 11.6 Å². The molecule has 3 aromatic heterocycles. The topological polar surface area (TPSA) is 107 Å². The van der Waals surface area contributed by atoms with E-state index < -0.39 is 29.6 Å². The van der Waals surface area contributed by atoms with E-state index in [2.05, 4.69) is 20.3 Å². The lowest BCUT2D eigenvalue weighted by molar-refractivity contribution is 0.0902. The lowest BCUT2D eigenvalue weighted by atomic mass is 10.1. The number of nitrogens with two attached hydrogens (primary N) is 1. The second-order valence-corrected chi connectivity index (χ2v) is 8.15. The third kappa shape index (κ3) is 4.81. The van der Waals surface area contributed by atoms with Crippen LogP contribution in [0.15, 0.2) is 34.9 Å². The van der Waals surface area contributed by atoms with Gasteiger partial charge in [-0.15, -0.1) is 0 Å². The highest BCUT2D eigenvalue weighted by Gasteiger charge is 2.27. The van der Waals surface area contributed by atoms with Crippen LogP contribution in [0.5, 0.6) is 0 Å². The van der Waals surface area contributed by atoms with Gasteiger partial charge in [0.25, 0.3) is 12.3 Å². The first-order valence-corrected chi connectivity index (χ1v) is 10.5. The van der Waals surface area contributed by atoms with E-state index in [1.807, 2.05) is 0 Å². The van der Waals surface area contributed by atoms with Crippen molar-refractivity contribution in [1.82, 2.24) is 20.3 Å². The van der Waals surface area contributed by atoms with Crippen molar-refractivity contribution < 1.29 is 22.4 Å². The van der Waals surface area contributed by atoms with E-state index >= 15 is 0 Å². The molecule has 7 nitrogen and oxygen atoms in total. The van der Waals surface area contributed by atoms with E-state index in [0.29, 0.717) is 33.0 Å². The molecule has 0 aliphatic rings. The molecule has 3 N–H and O–H groups in total. The Hall–Kier alpha value is -3.66. The van der Waals surface area contributed by atoms with Crippen molar-refractivity contribution in [3.63, 3.8) is 0 Å². The number of fused-ring (bicyclic) bond motifs is 1. The Morgan fingerprint density at radius 2 is 1.97 bits per heavy atom. The van der Waals surface area contributed by atoms with Gasteiger partial charge in [0.1, 0.15) is 17.2 Å². The number of carbonyl (C=O) groups excluding carboxylic acids is 1. The Morgan fingerprint density at radius 3 is 2.68 bits per heavy atom. The molecule has 0 bridgehead atoms. The fraction of sp³-hybridized carbons (Fsp3) is 0.217. The van der Waals surface area contributed by atoms with Crippen LogP contribution in [0.25, 0.3) is 10.9 Å². The number of hydrogen-bond acceptors (Lipinski definition) is 6. The van der Waals surface area contributed by atoms with E-state index in [1.165, 1.54) is 18.3 Å². The quantitative estimate of drug-likeness (QED) is 0.391. The van der Waals surface area contributed by atoms with Crippen LogP contribution in [0.1, 0.15) is 50.9 Å². The summed E-state index contributed by atoms with van der Waals surface area (Å²) in [6.45, 7) is 3.56. The molecule has 0 fully saturated rings. The number of halogens is 4. The molecule has 4 rings (SSSR count). The minimum absolute atomic E-state index is 0.0339. The van der Waals surface area contributed by atoms with Gasteiger partial charge in [-0.1, -0.05) is 11.6 Å².